The van der Waals surface area contributed by atoms with Crippen LogP contribution in [-0.2, 0) is 38.0 Å². The first kappa shape index (κ1) is 35.7. The summed E-state index contributed by atoms with van der Waals surface area (Å²) in [5.74, 6) is -1.07. The zero-order valence-electron chi connectivity index (χ0n) is 31.4. The number of carbonyl (C=O) groups is 2. The molecule has 0 aromatic heterocycles. The lowest BCUT2D eigenvalue weighted by Crippen LogP contribution is -2.61. The first-order valence-electron chi connectivity index (χ1n) is 19.3. The molecule has 0 aromatic rings. The van der Waals surface area contributed by atoms with Gasteiger partial charge >= 0.3 is 11.9 Å². The van der Waals surface area contributed by atoms with E-state index in [1.807, 2.05) is 13.8 Å². The van der Waals surface area contributed by atoms with Crippen LogP contribution in [-0.4, -0.2) is 94.3 Å². The maximum atomic E-state index is 12.9. The molecule has 3 spiro atoms. The molecule has 11 nitrogen and oxygen atoms in total. The normalized spacial score (nSPS) is 55.8. The molecule has 0 amide bonds. The number of aliphatic hydroxyl groups is 3. The number of esters is 2. The molecule has 3 N–H and O–H groups in total. The van der Waals surface area contributed by atoms with E-state index in [-0.39, 0.29) is 58.3 Å². The first-order valence-corrected chi connectivity index (χ1v) is 19.3. The van der Waals surface area contributed by atoms with Gasteiger partial charge in [0.1, 0.15) is 30.0 Å². The fourth-order valence-corrected chi connectivity index (χ4v) is 14.7. The Balaban J connectivity index is 1.08. The number of ether oxygens (including phenoxy) is 6. The van der Waals surface area contributed by atoms with E-state index in [4.69, 9.17) is 28.4 Å². The van der Waals surface area contributed by atoms with Crippen LogP contribution in [0, 0.1) is 50.7 Å². The Morgan fingerprint density at radius 2 is 1.56 bits per heavy atom. The lowest BCUT2D eigenvalue weighted by atomic mass is 9.41. The summed E-state index contributed by atoms with van der Waals surface area (Å²) in [6.45, 7) is 18.0. The number of rotatable bonds is 5. The van der Waals surface area contributed by atoms with Gasteiger partial charge < -0.3 is 43.7 Å². The van der Waals surface area contributed by atoms with Crippen LogP contribution in [0.1, 0.15) is 114 Å². The molecule has 2 bridgehead atoms. The Kier molecular flexibility index (Phi) is 7.76. The van der Waals surface area contributed by atoms with E-state index >= 15 is 0 Å². The highest BCUT2D eigenvalue weighted by Gasteiger charge is 2.88. The molecule has 17 atom stereocenters. The third-order valence-corrected chi connectivity index (χ3v) is 16.6. The minimum Gasteiger partial charge on any atom is -0.457 e. The number of hydrogen-bond acceptors (Lipinski definition) is 11. The third kappa shape index (κ3) is 4.29. The van der Waals surface area contributed by atoms with E-state index in [0.29, 0.717) is 11.8 Å². The Morgan fingerprint density at radius 3 is 2.24 bits per heavy atom. The van der Waals surface area contributed by atoms with Gasteiger partial charge in [-0.1, -0.05) is 34.6 Å². The van der Waals surface area contributed by atoms with E-state index in [9.17, 15) is 24.9 Å². The summed E-state index contributed by atoms with van der Waals surface area (Å²) in [6.07, 6.45) is 1.64. The molecular formula is C39H60O11. The molecule has 0 aromatic carbocycles. The molecule has 11 heteroatoms. The maximum Gasteiger partial charge on any atom is 0.303 e. The van der Waals surface area contributed by atoms with E-state index in [2.05, 4.69) is 34.6 Å². The summed E-state index contributed by atoms with van der Waals surface area (Å²) in [5, 5.41) is 33.8. The zero-order valence-corrected chi connectivity index (χ0v) is 31.4. The highest BCUT2D eigenvalue weighted by atomic mass is 16.8. The van der Waals surface area contributed by atoms with E-state index in [1.54, 1.807) is 0 Å². The van der Waals surface area contributed by atoms with Crippen molar-refractivity contribution < 1.29 is 53.3 Å². The van der Waals surface area contributed by atoms with Crippen LogP contribution in [0.3, 0.4) is 0 Å². The van der Waals surface area contributed by atoms with Crippen LogP contribution < -0.4 is 0 Å². The average molecular weight is 705 g/mol. The van der Waals surface area contributed by atoms with Crippen LogP contribution in [0.2, 0.25) is 0 Å². The molecule has 8 fully saturated rings. The minimum atomic E-state index is -1.29. The molecule has 282 valence electrons. The van der Waals surface area contributed by atoms with Crippen molar-refractivity contribution in [3.05, 3.63) is 0 Å². The molecule has 5 saturated carbocycles. The SMILES string of the molecule is CC(=O)O[C@H]1[C@H](O[C@H]2CC[C@]34C[C@]35CC[C@]3(C)[C@H]6[C@H](C)C[C@@H]7O[C@@]6(O[C@@H]7C(C)(C)OC(C)=O)[C@H](O)[C@@]3(C)[C@@H]5CC[C@H]4C2(C)C)OC[C@@H](O)[C@@H]1O. The van der Waals surface area contributed by atoms with E-state index in [1.165, 1.54) is 13.8 Å². The molecule has 3 saturated heterocycles. The molecule has 8 rings (SSSR count). The maximum absolute atomic E-state index is 12.9. The zero-order chi connectivity index (χ0) is 36.2. The predicted molar refractivity (Wildman–Crippen MR) is 178 cm³/mol. The molecule has 0 unspecified atom stereocenters. The van der Waals surface area contributed by atoms with Crippen LogP contribution in [0.25, 0.3) is 0 Å². The lowest BCUT2D eigenvalue weighted by Gasteiger charge is -2.63. The number of hydrogen-bond donors (Lipinski definition) is 3. The van der Waals surface area contributed by atoms with E-state index in [0.717, 1.165) is 51.4 Å². The predicted octanol–water partition coefficient (Wildman–Crippen LogP) is 4.26. The molecular weight excluding hydrogens is 644 g/mol. The van der Waals surface area contributed by atoms with Crippen LogP contribution in [0.5, 0.6) is 0 Å². The van der Waals surface area contributed by atoms with Crippen molar-refractivity contribution in [3.8, 4) is 0 Å². The van der Waals surface area contributed by atoms with Crippen LogP contribution in [0.15, 0.2) is 0 Å². The van der Waals surface area contributed by atoms with Crippen molar-refractivity contribution in [2.45, 2.75) is 174 Å². The molecule has 50 heavy (non-hydrogen) atoms. The highest BCUT2D eigenvalue weighted by Crippen LogP contribution is 2.90. The fraction of sp³-hybridized carbons (Fsp3) is 0.949. The monoisotopic (exact) mass is 704 g/mol. The van der Waals surface area contributed by atoms with Crippen molar-refractivity contribution in [1.82, 2.24) is 0 Å². The quantitative estimate of drug-likeness (QED) is 0.278. The van der Waals surface area contributed by atoms with Gasteiger partial charge in [0.05, 0.1) is 18.8 Å². The summed E-state index contributed by atoms with van der Waals surface area (Å²) in [4.78, 5) is 24.0. The third-order valence-electron chi connectivity index (χ3n) is 16.6. The smallest absolute Gasteiger partial charge is 0.303 e. The number of carbonyl (C=O) groups excluding carboxylic acids is 2. The molecule has 3 aliphatic heterocycles. The Bertz CT molecular complexity index is 1430. The molecule has 8 aliphatic rings. The standard InChI is InChI=1S/C39H60O11/c1-19-16-23-30(34(6,7)48-21(3)41)50-39(49-23)29(19)35(8)14-15-38-18-37(38)13-12-26(47-31-28(46-20(2)40)27(43)22(42)17-45-31)33(4,5)24(37)10-11-25(38)36(35,9)32(39)44/h19,22-32,42-44H,10-18H2,1-9H3/t19-,22-,23+,24+,25+,26+,27+,28-,29-,30+,31+,32-,35-,36-,37-,38+,39+/m1/s1. The summed E-state index contributed by atoms with van der Waals surface area (Å²) >= 11 is 0. The topological polar surface area (TPSA) is 150 Å². The molecule has 3 heterocycles. The van der Waals surface area contributed by atoms with Crippen molar-refractivity contribution in [2.75, 3.05) is 6.61 Å². The number of fused-ring (bicyclic) bond motifs is 4. The van der Waals surface area contributed by atoms with Gasteiger partial charge in [0.15, 0.2) is 18.2 Å². The second-order valence-corrected chi connectivity index (χ2v) is 19.4. The van der Waals surface area contributed by atoms with Crippen molar-refractivity contribution in [2.24, 2.45) is 50.7 Å². The molecule has 0 radical (unpaired) electrons. The van der Waals surface area contributed by atoms with Gasteiger partial charge in [0, 0.05) is 25.2 Å². The van der Waals surface area contributed by atoms with Gasteiger partial charge in [0.25, 0.3) is 0 Å². The Morgan fingerprint density at radius 1 is 0.880 bits per heavy atom. The van der Waals surface area contributed by atoms with Gasteiger partial charge in [-0.15, -0.1) is 0 Å². The van der Waals surface area contributed by atoms with Crippen LogP contribution >= 0.6 is 0 Å². The van der Waals surface area contributed by atoms with Gasteiger partial charge in [-0.25, -0.2) is 0 Å². The Labute approximate surface area is 296 Å². The van der Waals surface area contributed by atoms with Crippen molar-refractivity contribution in [1.29, 1.82) is 0 Å². The van der Waals surface area contributed by atoms with Gasteiger partial charge in [-0.2, -0.15) is 0 Å². The van der Waals surface area contributed by atoms with Gasteiger partial charge in [-0.05, 0) is 105 Å². The summed E-state index contributed by atoms with van der Waals surface area (Å²) in [6, 6.07) is 0. The van der Waals surface area contributed by atoms with Crippen molar-refractivity contribution in [3.63, 3.8) is 0 Å². The van der Waals surface area contributed by atoms with E-state index < -0.39 is 59.6 Å². The lowest BCUT2D eigenvalue weighted by molar-refractivity contribution is -0.305. The average Bonchev–Trinajstić information content (AvgIpc) is 3.53. The first-order chi connectivity index (χ1) is 23.2. The van der Waals surface area contributed by atoms with Gasteiger partial charge in [-0.3, -0.25) is 9.59 Å². The number of aliphatic hydroxyl groups excluding tert-OH is 3. The molecule has 5 aliphatic carbocycles. The second-order valence-electron chi connectivity index (χ2n) is 19.4. The Hall–Kier alpha value is -1.34. The minimum absolute atomic E-state index is 0.0178. The summed E-state index contributed by atoms with van der Waals surface area (Å²) < 4.78 is 37.7. The van der Waals surface area contributed by atoms with Crippen molar-refractivity contribution >= 4 is 11.9 Å². The summed E-state index contributed by atoms with van der Waals surface area (Å²) in [5.41, 5.74) is -1.51. The van der Waals surface area contributed by atoms with Gasteiger partial charge in [0.2, 0.25) is 0 Å². The summed E-state index contributed by atoms with van der Waals surface area (Å²) in [7, 11) is 0. The second kappa shape index (κ2) is 10.9. The van der Waals surface area contributed by atoms with Crippen LogP contribution in [0.4, 0.5) is 0 Å². The fourth-order valence-electron chi connectivity index (χ4n) is 14.7. The highest BCUT2D eigenvalue weighted by molar-refractivity contribution is 5.66. The largest absolute Gasteiger partial charge is 0.457 e.